The van der Waals surface area contributed by atoms with E-state index in [0.717, 1.165) is 0 Å². The average Bonchev–Trinajstić information content (AvgIpc) is 2.46. The van der Waals surface area contributed by atoms with Crippen LogP contribution in [0.2, 0.25) is 0 Å². The van der Waals surface area contributed by atoms with E-state index in [1.54, 1.807) is 0 Å². The quantitative estimate of drug-likeness (QED) is 0.401. The molecular formula is C12H26O9S3. The number of hydrogen-bond donors (Lipinski definition) is 0. The molecule has 0 aromatic rings. The Hall–Kier alpha value is -0.270. The van der Waals surface area contributed by atoms with Crippen molar-refractivity contribution >= 4 is 30.4 Å². The number of hydrogen-bond acceptors (Lipinski definition) is 9. The predicted octanol–water partition coefficient (Wildman–Crippen LogP) is 0.624. The van der Waals surface area contributed by atoms with Gasteiger partial charge in [0.2, 0.25) is 0 Å². The van der Waals surface area contributed by atoms with Crippen molar-refractivity contribution in [2.24, 2.45) is 0 Å². The zero-order chi connectivity index (χ0) is 19.1. The highest BCUT2D eigenvalue weighted by Crippen LogP contribution is 2.24. The predicted molar refractivity (Wildman–Crippen MR) is 89.0 cm³/mol. The third-order valence-electron chi connectivity index (χ3n) is 3.18. The van der Waals surface area contributed by atoms with Gasteiger partial charge < -0.3 is 0 Å². The van der Waals surface area contributed by atoms with E-state index in [-0.39, 0.29) is 43.3 Å². The van der Waals surface area contributed by atoms with Crippen LogP contribution < -0.4 is 0 Å². The maximum Gasteiger partial charge on any atom is 0.267 e. The second-order valence-electron chi connectivity index (χ2n) is 5.22. The molecule has 0 rings (SSSR count). The highest BCUT2D eigenvalue weighted by atomic mass is 32.2. The van der Waals surface area contributed by atoms with Gasteiger partial charge in [0, 0.05) is 12.8 Å². The van der Waals surface area contributed by atoms with Crippen LogP contribution in [0.1, 0.15) is 40.5 Å². The minimum Gasteiger partial charge on any atom is -0.270 e. The van der Waals surface area contributed by atoms with Gasteiger partial charge in [-0.05, 0) is 27.7 Å². The maximum absolute atomic E-state index is 11.7. The van der Waals surface area contributed by atoms with Crippen molar-refractivity contribution in [3.05, 3.63) is 0 Å². The lowest BCUT2D eigenvalue weighted by atomic mass is 9.99. The molecule has 0 heterocycles. The van der Waals surface area contributed by atoms with Gasteiger partial charge in [0.05, 0.1) is 36.1 Å². The summed E-state index contributed by atoms with van der Waals surface area (Å²) < 4.78 is 83.3. The molecule has 0 aromatic carbocycles. The van der Waals surface area contributed by atoms with Crippen LogP contribution in [-0.4, -0.2) is 61.3 Å². The van der Waals surface area contributed by atoms with Crippen LogP contribution in [0.3, 0.4) is 0 Å². The number of rotatable bonds is 13. The molecule has 0 aromatic heterocycles. The van der Waals surface area contributed by atoms with Gasteiger partial charge >= 0.3 is 0 Å². The van der Waals surface area contributed by atoms with Crippen molar-refractivity contribution in [3.8, 4) is 0 Å². The Bertz CT molecular complexity index is 637. The molecule has 0 saturated carbocycles. The molecule has 0 amide bonds. The normalized spacial score (nSPS) is 14.0. The summed E-state index contributed by atoms with van der Waals surface area (Å²) in [7, 11) is -11.2. The lowest BCUT2D eigenvalue weighted by Crippen LogP contribution is -2.36. The lowest BCUT2D eigenvalue weighted by molar-refractivity contribution is 0.0497. The summed E-state index contributed by atoms with van der Waals surface area (Å²) in [6, 6.07) is 0. The first kappa shape index (κ1) is 23.7. The van der Waals surface area contributed by atoms with Gasteiger partial charge in [0.25, 0.3) is 30.4 Å². The Kier molecular flexibility index (Phi) is 9.33. The van der Waals surface area contributed by atoms with Crippen molar-refractivity contribution in [2.75, 3.05) is 30.5 Å². The summed E-state index contributed by atoms with van der Waals surface area (Å²) in [5.41, 5.74) is -1.35. The fourth-order valence-electron chi connectivity index (χ4n) is 1.51. The zero-order valence-corrected chi connectivity index (χ0v) is 16.8. The van der Waals surface area contributed by atoms with Crippen LogP contribution in [0.25, 0.3) is 0 Å². The molecule has 0 aliphatic rings. The zero-order valence-electron chi connectivity index (χ0n) is 14.3. The second-order valence-corrected chi connectivity index (χ2v) is 10.9. The summed E-state index contributed by atoms with van der Waals surface area (Å²) >= 11 is 0. The summed E-state index contributed by atoms with van der Waals surface area (Å²) in [5, 5.41) is 0. The summed E-state index contributed by atoms with van der Waals surface area (Å²) in [6.07, 6.45) is -0.137. The van der Waals surface area contributed by atoms with E-state index in [4.69, 9.17) is 12.5 Å². The van der Waals surface area contributed by atoms with Gasteiger partial charge in [0.15, 0.2) is 0 Å². The molecule has 0 saturated heterocycles. The molecule has 0 radical (unpaired) electrons. The smallest absolute Gasteiger partial charge is 0.267 e. The molecule has 0 unspecified atom stereocenters. The third kappa shape index (κ3) is 9.89. The molecule has 12 heteroatoms. The first-order chi connectivity index (χ1) is 10.8. The molecular weight excluding hydrogens is 384 g/mol. The minimum absolute atomic E-state index is 0.0685. The SMILES string of the molecule is CCS(=O)(=O)OCCC(C)(CCOS(=O)(=O)CC)OS(=O)(=O)CC. The van der Waals surface area contributed by atoms with E-state index in [1.165, 1.54) is 27.7 Å². The topological polar surface area (TPSA) is 130 Å². The van der Waals surface area contributed by atoms with Gasteiger partial charge in [-0.3, -0.25) is 12.5 Å². The molecule has 0 N–H and O–H groups in total. The van der Waals surface area contributed by atoms with Crippen LogP contribution in [-0.2, 0) is 42.9 Å². The maximum atomic E-state index is 11.7. The van der Waals surface area contributed by atoms with Gasteiger partial charge in [-0.2, -0.15) is 25.3 Å². The Balaban J connectivity index is 4.95. The summed E-state index contributed by atoms with van der Waals surface area (Å²) in [5.74, 6) is -0.698. The van der Waals surface area contributed by atoms with E-state index in [0.29, 0.717) is 0 Å². The van der Waals surface area contributed by atoms with Crippen LogP contribution in [0.15, 0.2) is 0 Å². The first-order valence-corrected chi connectivity index (χ1v) is 12.2. The van der Waals surface area contributed by atoms with Gasteiger partial charge in [-0.1, -0.05) is 0 Å². The molecule has 146 valence electrons. The van der Waals surface area contributed by atoms with E-state index in [9.17, 15) is 25.3 Å². The Morgan fingerprint density at radius 3 is 1.29 bits per heavy atom. The Labute approximate surface area is 145 Å². The fourth-order valence-corrected chi connectivity index (χ4v) is 3.41. The Morgan fingerprint density at radius 1 is 0.667 bits per heavy atom. The van der Waals surface area contributed by atoms with Gasteiger partial charge in [-0.25, -0.2) is 0 Å². The monoisotopic (exact) mass is 410 g/mol. The molecule has 0 aliphatic carbocycles. The molecule has 0 spiro atoms. The third-order valence-corrected chi connectivity index (χ3v) is 7.01. The standard InChI is InChI=1S/C12H26O9S3/c1-5-22(13,14)19-10-8-12(4,21-24(17,18)7-3)9-11-20-23(15,16)6-2/h5-11H2,1-4H3. The Morgan fingerprint density at radius 2 is 1.00 bits per heavy atom. The highest BCUT2D eigenvalue weighted by molar-refractivity contribution is 7.87. The largest absolute Gasteiger partial charge is 0.270 e. The lowest BCUT2D eigenvalue weighted by Gasteiger charge is -2.28. The van der Waals surface area contributed by atoms with Crippen LogP contribution in [0, 0.1) is 0 Å². The van der Waals surface area contributed by atoms with Crippen molar-refractivity contribution in [2.45, 2.75) is 46.1 Å². The highest BCUT2D eigenvalue weighted by Gasteiger charge is 2.32. The van der Waals surface area contributed by atoms with Gasteiger partial charge in [0.1, 0.15) is 0 Å². The molecule has 0 bridgehead atoms. The van der Waals surface area contributed by atoms with Crippen molar-refractivity contribution in [1.29, 1.82) is 0 Å². The van der Waals surface area contributed by atoms with Crippen molar-refractivity contribution in [3.63, 3.8) is 0 Å². The van der Waals surface area contributed by atoms with Crippen molar-refractivity contribution in [1.82, 2.24) is 0 Å². The minimum atomic E-state index is -3.83. The van der Waals surface area contributed by atoms with Gasteiger partial charge in [-0.15, -0.1) is 0 Å². The molecule has 0 atom stereocenters. The molecule has 0 fully saturated rings. The van der Waals surface area contributed by atoms with E-state index in [1.807, 2.05) is 0 Å². The first-order valence-electron chi connectivity index (χ1n) is 7.48. The van der Waals surface area contributed by atoms with E-state index in [2.05, 4.69) is 0 Å². The summed E-state index contributed by atoms with van der Waals surface area (Å²) in [6.45, 7) is 5.08. The van der Waals surface area contributed by atoms with Crippen molar-refractivity contribution < 1.29 is 37.8 Å². The summed E-state index contributed by atoms with van der Waals surface area (Å²) in [4.78, 5) is 0. The van der Waals surface area contributed by atoms with Crippen LogP contribution >= 0.6 is 0 Å². The second kappa shape index (κ2) is 9.43. The average molecular weight is 411 g/mol. The fraction of sp³-hybridized carbons (Fsp3) is 1.00. The molecule has 0 aliphatic heterocycles. The van der Waals surface area contributed by atoms with Crippen LogP contribution in [0.4, 0.5) is 0 Å². The van der Waals surface area contributed by atoms with Crippen LogP contribution in [0.5, 0.6) is 0 Å². The van der Waals surface area contributed by atoms with E-state index >= 15 is 0 Å². The molecule has 24 heavy (non-hydrogen) atoms. The molecule has 9 nitrogen and oxygen atoms in total. The van der Waals surface area contributed by atoms with E-state index < -0.39 is 36.0 Å².